The lowest BCUT2D eigenvalue weighted by Crippen LogP contribution is -2.14. The molecule has 0 aliphatic carbocycles. The lowest BCUT2D eigenvalue weighted by Gasteiger charge is -2.12. The zero-order chi connectivity index (χ0) is 18.0. The fourth-order valence-electron chi connectivity index (χ4n) is 2.05. The van der Waals surface area contributed by atoms with Gasteiger partial charge >= 0.3 is 0 Å². The minimum Gasteiger partial charge on any atom is -0.338 e. The topological polar surface area (TPSA) is 85.8 Å². The van der Waals surface area contributed by atoms with Crippen molar-refractivity contribution < 1.29 is 9.32 Å². The Morgan fingerprint density at radius 2 is 2.20 bits per heavy atom. The van der Waals surface area contributed by atoms with E-state index in [9.17, 15) is 4.79 Å². The number of hydrogen-bond acceptors (Lipinski definition) is 7. The maximum Gasteiger partial charge on any atom is 0.237 e. The predicted octanol–water partition coefficient (Wildman–Crippen LogP) is 3.56. The molecule has 0 unspecified atom stereocenters. The molecule has 0 aliphatic rings. The summed E-state index contributed by atoms with van der Waals surface area (Å²) in [5.74, 6) is 1.18. The smallest absolute Gasteiger partial charge is 0.237 e. The molecule has 0 atom stereocenters. The number of anilines is 1. The standard InChI is InChI=1S/C16H19N5O2S2/c1-16(2,3)11-8-13(23-20-11)17-12(22)9-25-15-19-18-14(21(15)4)10-6-5-7-24-10/h5-8H,9H2,1-4H3,(H,17,22). The molecule has 3 aromatic rings. The van der Waals surface area contributed by atoms with Crippen LogP contribution in [-0.4, -0.2) is 31.6 Å². The van der Waals surface area contributed by atoms with Crippen LogP contribution in [0.25, 0.3) is 10.7 Å². The van der Waals surface area contributed by atoms with E-state index in [1.165, 1.54) is 11.8 Å². The first-order valence-corrected chi connectivity index (χ1v) is 9.54. The van der Waals surface area contributed by atoms with E-state index in [2.05, 4.69) is 20.7 Å². The molecule has 1 amide bonds. The van der Waals surface area contributed by atoms with Gasteiger partial charge in [0, 0.05) is 18.5 Å². The summed E-state index contributed by atoms with van der Waals surface area (Å²) in [6, 6.07) is 5.71. The van der Waals surface area contributed by atoms with Crippen LogP contribution in [0.4, 0.5) is 5.88 Å². The van der Waals surface area contributed by atoms with Gasteiger partial charge in [0.15, 0.2) is 11.0 Å². The third-order valence-electron chi connectivity index (χ3n) is 3.45. The number of nitrogens with one attached hydrogen (secondary N) is 1. The van der Waals surface area contributed by atoms with Crippen LogP contribution >= 0.6 is 23.1 Å². The molecular formula is C16H19N5O2S2. The van der Waals surface area contributed by atoms with E-state index in [4.69, 9.17) is 4.52 Å². The van der Waals surface area contributed by atoms with Crippen LogP contribution < -0.4 is 5.32 Å². The fourth-order valence-corrected chi connectivity index (χ4v) is 3.51. The molecule has 9 heteroatoms. The van der Waals surface area contributed by atoms with E-state index >= 15 is 0 Å². The molecule has 3 heterocycles. The highest BCUT2D eigenvalue weighted by atomic mass is 32.2. The van der Waals surface area contributed by atoms with Crippen LogP contribution in [0.5, 0.6) is 0 Å². The molecule has 0 fully saturated rings. The van der Waals surface area contributed by atoms with Gasteiger partial charge in [0.1, 0.15) is 0 Å². The molecule has 132 valence electrons. The molecule has 3 aromatic heterocycles. The minimum absolute atomic E-state index is 0.127. The van der Waals surface area contributed by atoms with Gasteiger partial charge in [-0.1, -0.05) is 43.8 Å². The van der Waals surface area contributed by atoms with E-state index < -0.39 is 0 Å². The van der Waals surface area contributed by atoms with Gasteiger partial charge in [0.2, 0.25) is 11.8 Å². The molecule has 3 rings (SSSR count). The molecular weight excluding hydrogens is 358 g/mol. The quantitative estimate of drug-likeness (QED) is 0.684. The van der Waals surface area contributed by atoms with Gasteiger partial charge in [0.25, 0.3) is 0 Å². The fraction of sp³-hybridized carbons (Fsp3) is 0.375. The van der Waals surface area contributed by atoms with Crippen molar-refractivity contribution in [1.82, 2.24) is 19.9 Å². The van der Waals surface area contributed by atoms with E-state index in [1.807, 2.05) is 49.9 Å². The molecule has 25 heavy (non-hydrogen) atoms. The normalized spacial score (nSPS) is 11.7. The Bertz CT molecular complexity index is 862. The maximum absolute atomic E-state index is 12.1. The van der Waals surface area contributed by atoms with Gasteiger partial charge in [-0.05, 0) is 11.4 Å². The third-order valence-corrected chi connectivity index (χ3v) is 5.34. The Morgan fingerprint density at radius 3 is 2.84 bits per heavy atom. The van der Waals surface area contributed by atoms with Gasteiger partial charge in [-0.25, -0.2) is 0 Å². The number of thiophene rings is 1. The zero-order valence-corrected chi connectivity index (χ0v) is 16.1. The zero-order valence-electron chi connectivity index (χ0n) is 14.4. The summed E-state index contributed by atoms with van der Waals surface area (Å²) in [6.07, 6.45) is 0. The van der Waals surface area contributed by atoms with Gasteiger partial charge in [-0.2, -0.15) is 0 Å². The van der Waals surface area contributed by atoms with E-state index in [-0.39, 0.29) is 17.1 Å². The third kappa shape index (κ3) is 4.10. The number of carbonyl (C=O) groups excluding carboxylic acids is 1. The molecule has 0 bridgehead atoms. The number of nitrogens with zero attached hydrogens (tertiary/aromatic N) is 4. The van der Waals surface area contributed by atoms with E-state index in [0.29, 0.717) is 11.0 Å². The SMILES string of the molecule is Cn1c(SCC(=O)Nc2cc(C(C)(C)C)no2)nnc1-c1cccs1. The van der Waals surface area contributed by atoms with E-state index in [1.54, 1.807) is 17.4 Å². The number of rotatable bonds is 5. The molecule has 0 aromatic carbocycles. The minimum atomic E-state index is -0.178. The largest absolute Gasteiger partial charge is 0.338 e. The van der Waals surface area contributed by atoms with E-state index in [0.717, 1.165) is 16.4 Å². The number of carbonyl (C=O) groups is 1. The van der Waals surface area contributed by atoms with Crippen molar-refractivity contribution in [2.45, 2.75) is 31.3 Å². The first-order chi connectivity index (χ1) is 11.8. The molecule has 0 radical (unpaired) electrons. The Morgan fingerprint density at radius 1 is 1.40 bits per heavy atom. The first kappa shape index (κ1) is 17.7. The lowest BCUT2D eigenvalue weighted by atomic mass is 9.92. The first-order valence-electron chi connectivity index (χ1n) is 7.67. The molecule has 0 saturated heterocycles. The van der Waals surface area contributed by atoms with Crippen LogP contribution in [0.2, 0.25) is 0 Å². The van der Waals surface area contributed by atoms with Crippen LogP contribution in [0, 0.1) is 0 Å². The Labute approximate surface area is 153 Å². The summed E-state index contributed by atoms with van der Waals surface area (Å²) in [7, 11) is 1.89. The van der Waals surface area contributed by atoms with Crippen molar-refractivity contribution in [2.75, 3.05) is 11.1 Å². The van der Waals surface area contributed by atoms with Gasteiger partial charge in [-0.3, -0.25) is 10.1 Å². The highest BCUT2D eigenvalue weighted by Crippen LogP contribution is 2.26. The van der Waals surface area contributed by atoms with Gasteiger partial charge in [0.05, 0.1) is 16.3 Å². The van der Waals surface area contributed by atoms with Crippen molar-refractivity contribution in [3.63, 3.8) is 0 Å². The Kier molecular flexibility index (Phi) is 4.96. The van der Waals surface area contributed by atoms with Crippen LogP contribution in [0.3, 0.4) is 0 Å². The van der Waals surface area contributed by atoms with Crippen LogP contribution in [0.15, 0.2) is 33.3 Å². The van der Waals surface area contributed by atoms with Crippen molar-refractivity contribution in [3.05, 3.63) is 29.3 Å². The molecule has 0 saturated carbocycles. The Hall–Kier alpha value is -2.13. The number of aromatic nitrogens is 4. The average molecular weight is 377 g/mol. The predicted molar refractivity (Wildman–Crippen MR) is 98.9 cm³/mol. The molecule has 7 nitrogen and oxygen atoms in total. The monoisotopic (exact) mass is 377 g/mol. The molecule has 0 spiro atoms. The second-order valence-electron chi connectivity index (χ2n) is 6.51. The summed E-state index contributed by atoms with van der Waals surface area (Å²) in [5, 5.41) is 17.7. The summed E-state index contributed by atoms with van der Waals surface area (Å²) in [6.45, 7) is 6.10. The molecule has 1 N–H and O–H groups in total. The lowest BCUT2D eigenvalue weighted by molar-refractivity contribution is -0.113. The second-order valence-corrected chi connectivity index (χ2v) is 8.40. The number of thioether (sulfide) groups is 1. The van der Waals surface area contributed by atoms with Gasteiger partial charge in [-0.15, -0.1) is 21.5 Å². The Balaban J connectivity index is 1.59. The summed E-state index contributed by atoms with van der Waals surface area (Å²) >= 11 is 2.93. The summed E-state index contributed by atoms with van der Waals surface area (Å²) in [4.78, 5) is 13.2. The van der Waals surface area contributed by atoms with Crippen molar-refractivity contribution in [3.8, 4) is 10.7 Å². The summed E-state index contributed by atoms with van der Waals surface area (Å²) < 4.78 is 7.05. The van der Waals surface area contributed by atoms with Crippen molar-refractivity contribution >= 4 is 34.9 Å². The number of hydrogen-bond donors (Lipinski definition) is 1. The second kappa shape index (κ2) is 7.01. The molecule has 0 aliphatic heterocycles. The highest BCUT2D eigenvalue weighted by Gasteiger charge is 2.20. The van der Waals surface area contributed by atoms with Gasteiger partial charge < -0.3 is 9.09 Å². The average Bonchev–Trinajstić information content (AvgIpc) is 3.25. The highest BCUT2D eigenvalue weighted by molar-refractivity contribution is 7.99. The number of amides is 1. The summed E-state index contributed by atoms with van der Waals surface area (Å²) in [5.41, 5.74) is 0.669. The van der Waals surface area contributed by atoms with Crippen molar-refractivity contribution in [1.29, 1.82) is 0 Å². The maximum atomic E-state index is 12.1. The van der Waals surface area contributed by atoms with Crippen LogP contribution in [-0.2, 0) is 17.3 Å². The van der Waals surface area contributed by atoms with Crippen LogP contribution in [0.1, 0.15) is 26.5 Å². The van der Waals surface area contributed by atoms with Crippen molar-refractivity contribution in [2.24, 2.45) is 7.05 Å².